The third kappa shape index (κ3) is 3.93. The van der Waals surface area contributed by atoms with E-state index >= 15 is 0 Å². The third-order valence-electron chi connectivity index (χ3n) is 3.99. The predicted molar refractivity (Wildman–Crippen MR) is 99.2 cm³/mol. The number of para-hydroxylation sites is 1. The number of benzene rings is 1. The Morgan fingerprint density at radius 2 is 2.04 bits per heavy atom. The number of amides is 2. The number of nitrogens with one attached hydrogen (secondary N) is 3. The van der Waals surface area contributed by atoms with Gasteiger partial charge in [0.1, 0.15) is 0 Å². The van der Waals surface area contributed by atoms with Crippen LogP contribution in [0.3, 0.4) is 0 Å². The highest BCUT2D eigenvalue weighted by molar-refractivity contribution is 7.90. The largest absolute Gasteiger partial charge is 0.484 e. The van der Waals surface area contributed by atoms with Gasteiger partial charge in [-0.3, -0.25) is 5.32 Å². The minimum absolute atomic E-state index is 0.0831. The number of fused-ring (bicyclic) bond motifs is 1. The molecule has 0 aliphatic carbocycles. The van der Waals surface area contributed by atoms with Gasteiger partial charge in [-0.2, -0.15) is 13.4 Å². The van der Waals surface area contributed by atoms with Crippen molar-refractivity contribution < 1.29 is 22.7 Å². The lowest BCUT2D eigenvalue weighted by Gasteiger charge is -2.18. The second-order valence-corrected chi connectivity index (χ2v) is 7.36. The number of ether oxygens (including phenoxy) is 2. The van der Waals surface area contributed by atoms with Gasteiger partial charge >= 0.3 is 6.03 Å². The number of guanidine groups is 1. The van der Waals surface area contributed by atoms with E-state index in [1.807, 2.05) is 4.72 Å². The van der Waals surface area contributed by atoms with Gasteiger partial charge in [0.15, 0.2) is 17.2 Å². The van der Waals surface area contributed by atoms with Crippen LogP contribution in [0.1, 0.15) is 12.0 Å². The molecular formula is C16H19N5O5S. The number of rotatable bonds is 3. The number of sulfonamides is 1. The van der Waals surface area contributed by atoms with Crippen molar-refractivity contribution in [2.45, 2.75) is 24.6 Å². The fourth-order valence-corrected chi connectivity index (χ4v) is 3.83. The molecule has 1 atom stereocenters. The molecule has 3 N–H and O–H groups in total. The van der Waals surface area contributed by atoms with Crippen molar-refractivity contribution in [3.05, 3.63) is 29.8 Å². The van der Waals surface area contributed by atoms with Gasteiger partial charge in [-0.25, -0.2) is 14.5 Å². The summed E-state index contributed by atoms with van der Waals surface area (Å²) in [6.07, 6.45) is -0.271. The average molecular weight is 393 g/mol. The highest BCUT2D eigenvalue weighted by Gasteiger charge is 2.25. The van der Waals surface area contributed by atoms with Crippen molar-refractivity contribution in [3.63, 3.8) is 0 Å². The number of nitrogens with zero attached hydrogens (tertiary/aromatic N) is 2. The van der Waals surface area contributed by atoms with E-state index in [2.05, 4.69) is 20.3 Å². The number of aliphatic imine (C=N–C) groups is 2. The first kappa shape index (κ1) is 18.9. The quantitative estimate of drug-likeness (QED) is 0.721. The molecule has 3 rings (SSSR count). The van der Waals surface area contributed by atoms with E-state index in [4.69, 9.17) is 9.47 Å². The number of urea groups is 1. The normalized spacial score (nSPS) is 17.2. The van der Waals surface area contributed by atoms with E-state index in [1.165, 1.54) is 14.2 Å². The predicted octanol–water partition coefficient (Wildman–Crippen LogP) is 1.24. The first-order chi connectivity index (χ1) is 12.8. The number of hydrogen-bond donors (Lipinski definition) is 3. The summed E-state index contributed by atoms with van der Waals surface area (Å²) in [6, 6.07) is 6.14. The smallest absolute Gasteiger partial charge is 0.335 e. The van der Waals surface area contributed by atoms with Crippen molar-refractivity contribution in [2.24, 2.45) is 9.98 Å². The number of aromatic nitrogens is 1. The van der Waals surface area contributed by atoms with E-state index < -0.39 is 22.3 Å². The zero-order chi connectivity index (χ0) is 19.6. The molecule has 0 saturated carbocycles. The molecule has 27 heavy (non-hydrogen) atoms. The summed E-state index contributed by atoms with van der Waals surface area (Å²) < 4.78 is 37.3. The number of methoxy groups -OCH3 is 2. The van der Waals surface area contributed by atoms with Crippen LogP contribution in [0.25, 0.3) is 10.9 Å². The molecule has 0 bridgehead atoms. The summed E-state index contributed by atoms with van der Waals surface area (Å²) in [5.41, 5.74) is 1.17. The number of hydrogen-bond acceptors (Lipinski definition) is 7. The molecule has 1 aliphatic rings. The molecule has 2 heterocycles. The van der Waals surface area contributed by atoms with Crippen LogP contribution in [-0.4, -0.2) is 51.7 Å². The molecule has 2 amide bonds. The van der Waals surface area contributed by atoms with Crippen LogP contribution in [0.5, 0.6) is 0 Å². The topological polar surface area (TPSA) is 134 Å². The number of aromatic amines is 1. The van der Waals surface area contributed by atoms with Crippen molar-refractivity contribution in [2.75, 3.05) is 14.2 Å². The lowest BCUT2D eigenvalue weighted by atomic mass is 10.2. The van der Waals surface area contributed by atoms with Gasteiger partial charge < -0.3 is 14.5 Å². The second kappa shape index (κ2) is 7.37. The van der Waals surface area contributed by atoms with Gasteiger partial charge in [0, 0.05) is 18.0 Å². The Morgan fingerprint density at radius 1 is 1.30 bits per heavy atom. The Balaban J connectivity index is 1.79. The maximum atomic E-state index is 12.6. The van der Waals surface area contributed by atoms with E-state index in [0.29, 0.717) is 23.4 Å². The van der Waals surface area contributed by atoms with E-state index in [-0.39, 0.29) is 11.0 Å². The highest BCUT2D eigenvalue weighted by Crippen LogP contribution is 2.24. The fourth-order valence-electron chi connectivity index (χ4n) is 2.68. The average Bonchev–Trinajstić information content (AvgIpc) is 2.98. The number of aryl methyl sites for hydroxylation is 1. The lowest BCUT2D eigenvalue weighted by Crippen LogP contribution is -2.43. The van der Waals surface area contributed by atoms with Crippen molar-refractivity contribution in [1.82, 2.24) is 15.0 Å². The van der Waals surface area contributed by atoms with Gasteiger partial charge in [-0.05, 0) is 18.6 Å². The number of carbonyl (C=O) groups excluding carboxylic acids is 1. The van der Waals surface area contributed by atoms with Crippen LogP contribution in [0.15, 0.2) is 39.3 Å². The number of H-pyrrole nitrogens is 1. The molecule has 1 aliphatic heterocycles. The van der Waals surface area contributed by atoms with Gasteiger partial charge in [0.2, 0.25) is 5.96 Å². The zero-order valence-electron chi connectivity index (χ0n) is 14.9. The summed E-state index contributed by atoms with van der Waals surface area (Å²) in [5, 5.41) is 2.96. The maximum Gasteiger partial charge on any atom is 0.335 e. The minimum atomic E-state index is -4.12. The summed E-state index contributed by atoms with van der Waals surface area (Å²) in [4.78, 5) is 23.0. The van der Waals surface area contributed by atoms with Gasteiger partial charge in [0.05, 0.1) is 13.5 Å². The molecule has 0 fully saturated rings. The Kier molecular flexibility index (Phi) is 5.15. The van der Waals surface area contributed by atoms with E-state index in [9.17, 15) is 13.2 Å². The van der Waals surface area contributed by atoms with Crippen molar-refractivity contribution in [3.8, 4) is 0 Å². The van der Waals surface area contributed by atoms with E-state index in [1.54, 1.807) is 31.2 Å². The van der Waals surface area contributed by atoms with Gasteiger partial charge in [-0.1, -0.05) is 18.2 Å². The molecule has 2 aromatic rings. The Morgan fingerprint density at radius 3 is 2.70 bits per heavy atom. The maximum absolute atomic E-state index is 12.6. The first-order valence-corrected chi connectivity index (χ1v) is 9.45. The molecule has 0 saturated heterocycles. The first-order valence-electron chi connectivity index (χ1n) is 7.97. The Hall–Kier alpha value is -2.92. The van der Waals surface area contributed by atoms with Crippen molar-refractivity contribution >= 4 is 38.8 Å². The van der Waals surface area contributed by atoms with Crippen LogP contribution >= 0.6 is 0 Å². The molecular weight excluding hydrogens is 374 g/mol. The lowest BCUT2D eigenvalue weighted by molar-refractivity contribution is 0.110. The summed E-state index contributed by atoms with van der Waals surface area (Å²) in [6.45, 7) is 1.66. The summed E-state index contributed by atoms with van der Waals surface area (Å²) >= 11 is 0. The third-order valence-corrected chi connectivity index (χ3v) is 5.39. The summed E-state index contributed by atoms with van der Waals surface area (Å²) in [5.74, 6) is 0.201. The molecule has 1 aromatic carbocycles. The van der Waals surface area contributed by atoms with Crippen LogP contribution in [0.4, 0.5) is 4.79 Å². The number of carbonyl (C=O) groups is 1. The monoisotopic (exact) mass is 393 g/mol. The second-order valence-electron chi connectivity index (χ2n) is 5.74. The molecule has 144 valence electrons. The van der Waals surface area contributed by atoms with Gasteiger partial charge in [0.25, 0.3) is 10.0 Å². The van der Waals surface area contributed by atoms with Crippen LogP contribution in [0, 0.1) is 6.92 Å². The molecule has 10 nitrogen and oxygen atoms in total. The van der Waals surface area contributed by atoms with Crippen LogP contribution in [0.2, 0.25) is 0 Å². The molecule has 1 unspecified atom stereocenters. The molecule has 11 heteroatoms. The SMILES string of the molecule is COC1=NC(NC(=O)NS(=O)(=O)c2[nH]c3ccccc3c2C)=NC(OC)C1. The zero-order valence-corrected chi connectivity index (χ0v) is 15.8. The molecule has 0 radical (unpaired) electrons. The summed E-state index contributed by atoms with van der Waals surface area (Å²) in [7, 11) is -1.24. The van der Waals surface area contributed by atoms with Crippen LogP contribution in [-0.2, 0) is 19.5 Å². The van der Waals surface area contributed by atoms with Crippen LogP contribution < -0.4 is 10.0 Å². The molecule has 0 spiro atoms. The Labute approximate surface area is 155 Å². The van der Waals surface area contributed by atoms with Crippen molar-refractivity contribution in [1.29, 1.82) is 0 Å². The Bertz CT molecular complexity index is 1040. The fraction of sp³-hybridized carbons (Fsp3) is 0.312. The standard InChI is InChI=1S/C16H19N5O5S/c1-9-10-6-4-5-7-11(10)17-14(9)27(23,24)21-16(22)20-15-18-12(25-2)8-13(19-15)26-3/h4-7,12,17H,8H2,1-3H3,(H2,18,20,21,22). The molecule has 1 aromatic heterocycles. The highest BCUT2D eigenvalue weighted by atomic mass is 32.2. The minimum Gasteiger partial charge on any atom is -0.484 e. The van der Waals surface area contributed by atoms with E-state index in [0.717, 1.165) is 5.39 Å². The van der Waals surface area contributed by atoms with Gasteiger partial charge in [-0.15, -0.1) is 0 Å².